The fourth-order valence-corrected chi connectivity index (χ4v) is 2.76. The van der Waals surface area contributed by atoms with Gasteiger partial charge in [-0.2, -0.15) is 0 Å². The molecular formula is C17H24IN3O2. The van der Waals surface area contributed by atoms with E-state index in [0.717, 1.165) is 48.7 Å². The second kappa shape index (κ2) is 8.01. The number of nitrogens with one attached hydrogen (secondary N) is 2. The van der Waals surface area contributed by atoms with E-state index in [0.29, 0.717) is 6.54 Å². The van der Waals surface area contributed by atoms with Gasteiger partial charge in [-0.3, -0.25) is 4.99 Å². The lowest BCUT2D eigenvalue weighted by Crippen LogP contribution is -2.45. The topological polar surface area (TPSA) is 58.8 Å². The van der Waals surface area contributed by atoms with E-state index in [1.165, 1.54) is 0 Å². The SMILES string of the molecule is CN=C(NCc1cc2ccccc2o1)NCC1(C)CCCO1.I. The van der Waals surface area contributed by atoms with Gasteiger partial charge in [0.1, 0.15) is 11.3 Å². The summed E-state index contributed by atoms with van der Waals surface area (Å²) in [5, 5.41) is 7.73. The van der Waals surface area contributed by atoms with Crippen molar-refractivity contribution in [2.75, 3.05) is 20.2 Å². The van der Waals surface area contributed by atoms with Crippen LogP contribution in [0.3, 0.4) is 0 Å². The molecule has 2 heterocycles. The summed E-state index contributed by atoms with van der Waals surface area (Å²) in [4.78, 5) is 4.25. The van der Waals surface area contributed by atoms with Gasteiger partial charge in [-0.15, -0.1) is 24.0 Å². The summed E-state index contributed by atoms with van der Waals surface area (Å²) in [6.07, 6.45) is 2.21. The number of rotatable bonds is 4. The number of guanidine groups is 1. The van der Waals surface area contributed by atoms with Crippen molar-refractivity contribution in [3.05, 3.63) is 36.1 Å². The summed E-state index contributed by atoms with van der Waals surface area (Å²) in [7, 11) is 1.77. The number of halogens is 1. The molecule has 1 saturated heterocycles. The van der Waals surface area contributed by atoms with Crippen molar-refractivity contribution in [2.24, 2.45) is 4.99 Å². The molecule has 0 bridgehead atoms. The zero-order valence-corrected chi connectivity index (χ0v) is 15.9. The number of benzene rings is 1. The molecule has 2 aromatic rings. The van der Waals surface area contributed by atoms with Crippen LogP contribution in [0.25, 0.3) is 11.0 Å². The minimum absolute atomic E-state index is 0. The van der Waals surface area contributed by atoms with Gasteiger partial charge in [0.2, 0.25) is 0 Å². The first kappa shape index (κ1) is 18.1. The molecule has 1 aromatic heterocycles. The average Bonchev–Trinajstić information content (AvgIpc) is 3.13. The van der Waals surface area contributed by atoms with Crippen molar-refractivity contribution in [3.63, 3.8) is 0 Å². The summed E-state index contributed by atoms with van der Waals surface area (Å²) in [6.45, 7) is 4.35. The lowest BCUT2D eigenvalue weighted by molar-refractivity contribution is 0.0243. The Bertz CT molecular complexity index is 630. The van der Waals surface area contributed by atoms with Crippen LogP contribution in [0.15, 0.2) is 39.7 Å². The van der Waals surface area contributed by atoms with Gasteiger partial charge in [0.15, 0.2) is 5.96 Å². The van der Waals surface area contributed by atoms with Crippen LogP contribution in [0.5, 0.6) is 0 Å². The van der Waals surface area contributed by atoms with Gasteiger partial charge in [0.25, 0.3) is 0 Å². The van der Waals surface area contributed by atoms with E-state index in [2.05, 4.69) is 28.6 Å². The molecule has 126 valence electrons. The number of hydrogen-bond acceptors (Lipinski definition) is 3. The molecule has 1 aliphatic heterocycles. The maximum atomic E-state index is 5.79. The van der Waals surface area contributed by atoms with Gasteiger partial charge in [0.05, 0.1) is 12.1 Å². The van der Waals surface area contributed by atoms with E-state index < -0.39 is 0 Å². The molecule has 1 atom stereocenters. The van der Waals surface area contributed by atoms with Crippen LogP contribution in [0.2, 0.25) is 0 Å². The quantitative estimate of drug-likeness (QED) is 0.445. The van der Waals surface area contributed by atoms with Gasteiger partial charge in [-0.1, -0.05) is 18.2 Å². The molecule has 1 aliphatic rings. The van der Waals surface area contributed by atoms with Crippen molar-refractivity contribution >= 4 is 40.9 Å². The molecule has 2 N–H and O–H groups in total. The molecule has 1 unspecified atom stereocenters. The molecule has 0 saturated carbocycles. The number of furan rings is 1. The van der Waals surface area contributed by atoms with Crippen LogP contribution in [-0.4, -0.2) is 31.8 Å². The van der Waals surface area contributed by atoms with Gasteiger partial charge in [-0.25, -0.2) is 0 Å². The first-order valence-electron chi connectivity index (χ1n) is 7.74. The number of nitrogens with zero attached hydrogens (tertiary/aromatic N) is 1. The fraction of sp³-hybridized carbons (Fsp3) is 0.471. The van der Waals surface area contributed by atoms with Crippen LogP contribution in [0.1, 0.15) is 25.5 Å². The van der Waals surface area contributed by atoms with Crippen LogP contribution in [0.4, 0.5) is 0 Å². The highest BCUT2D eigenvalue weighted by molar-refractivity contribution is 14.0. The summed E-state index contributed by atoms with van der Waals surface area (Å²) in [6, 6.07) is 10.1. The Balaban J connectivity index is 0.00000192. The van der Waals surface area contributed by atoms with Crippen molar-refractivity contribution in [2.45, 2.75) is 31.9 Å². The first-order valence-corrected chi connectivity index (χ1v) is 7.74. The molecule has 0 amide bonds. The van der Waals surface area contributed by atoms with Crippen molar-refractivity contribution < 1.29 is 9.15 Å². The van der Waals surface area contributed by atoms with Crippen LogP contribution >= 0.6 is 24.0 Å². The lowest BCUT2D eigenvalue weighted by Gasteiger charge is -2.24. The third-order valence-electron chi connectivity index (χ3n) is 4.06. The zero-order valence-electron chi connectivity index (χ0n) is 13.6. The largest absolute Gasteiger partial charge is 0.459 e. The Kier molecular flexibility index (Phi) is 6.29. The molecular weight excluding hydrogens is 405 g/mol. The Morgan fingerprint density at radius 2 is 2.13 bits per heavy atom. The Morgan fingerprint density at radius 3 is 2.83 bits per heavy atom. The number of hydrogen-bond donors (Lipinski definition) is 2. The molecule has 5 nitrogen and oxygen atoms in total. The monoisotopic (exact) mass is 429 g/mol. The number of fused-ring (bicyclic) bond motifs is 1. The molecule has 23 heavy (non-hydrogen) atoms. The second-order valence-electron chi connectivity index (χ2n) is 5.93. The highest BCUT2D eigenvalue weighted by atomic mass is 127. The number of aliphatic imine (C=N–C) groups is 1. The number of ether oxygens (including phenoxy) is 1. The zero-order chi connectivity index (χ0) is 15.4. The fourth-order valence-electron chi connectivity index (χ4n) is 2.76. The Hall–Kier alpha value is -1.28. The average molecular weight is 429 g/mol. The predicted molar refractivity (Wildman–Crippen MR) is 103 cm³/mol. The summed E-state index contributed by atoms with van der Waals surface area (Å²) in [5.74, 6) is 1.66. The van der Waals surface area contributed by atoms with E-state index >= 15 is 0 Å². The maximum absolute atomic E-state index is 5.79. The van der Waals surface area contributed by atoms with Crippen molar-refractivity contribution in [3.8, 4) is 0 Å². The molecule has 1 aromatic carbocycles. The molecule has 1 fully saturated rings. The van der Waals surface area contributed by atoms with Crippen LogP contribution < -0.4 is 10.6 Å². The van der Waals surface area contributed by atoms with Crippen LogP contribution in [0, 0.1) is 0 Å². The van der Waals surface area contributed by atoms with Gasteiger partial charge in [-0.05, 0) is 31.9 Å². The van der Waals surface area contributed by atoms with Gasteiger partial charge < -0.3 is 19.8 Å². The molecule has 3 rings (SSSR count). The van der Waals surface area contributed by atoms with Crippen molar-refractivity contribution in [1.29, 1.82) is 0 Å². The molecule has 0 spiro atoms. The van der Waals surface area contributed by atoms with E-state index in [-0.39, 0.29) is 29.6 Å². The van der Waals surface area contributed by atoms with E-state index in [4.69, 9.17) is 9.15 Å². The minimum atomic E-state index is -0.0863. The van der Waals surface area contributed by atoms with E-state index in [9.17, 15) is 0 Å². The van der Waals surface area contributed by atoms with Gasteiger partial charge >= 0.3 is 0 Å². The highest BCUT2D eigenvalue weighted by Gasteiger charge is 2.29. The third kappa shape index (κ3) is 4.60. The van der Waals surface area contributed by atoms with Crippen LogP contribution in [-0.2, 0) is 11.3 Å². The summed E-state index contributed by atoms with van der Waals surface area (Å²) >= 11 is 0. The summed E-state index contributed by atoms with van der Waals surface area (Å²) < 4.78 is 11.6. The standard InChI is InChI=1S/C17H23N3O2.HI/c1-17(8-5-9-21-17)12-20-16(18-2)19-11-14-10-13-6-3-4-7-15(13)22-14;/h3-4,6-7,10H,5,8-9,11-12H2,1-2H3,(H2,18,19,20);1H. The predicted octanol–water partition coefficient (Wildman–Crippen LogP) is 3.28. The van der Waals surface area contributed by atoms with Gasteiger partial charge in [0, 0.05) is 25.6 Å². The normalized spacial score (nSPS) is 21.2. The second-order valence-corrected chi connectivity index (χ2v) is 5.93. The number of para-hydroxylation sites is 1. The maximum Gasteiger partial charge on any atom is 0.191 e. The third-order valence-corrected chi connectivity index (χ3v) is 4.06. The Labute approximate surface area is 153 Å². The lowest BCUT2D eigenvalue weighted by atomic mass is 10.0. The Morgan fingerprint density at radius 1 is 1.30 bits per heavy atom. The highest BCUT2D eigenvalue weighted by Crippen LogP contribution is 2.23. The molecule has 0 aliphatic carbocycles. The first-order chi connectivity index (χ1) is 10.7. The van der Waals surface area contributed by atoms with Crippen molar-refractivity contribution in [1.82, 2.24) is 10.6 Å². The summed E-state index contributed by atoms with van der Waals surface area (Å²) in [5.41, 5.74) is 0.825. The van der Waals surface area contributed by atoms with E-state index in [1.807, 2.05) is 24.3 Å². The molecule has 6 heteroatoms. The van der Waals surface area contributed by atoms with E-state index in [1.54, 1.807) is 7.05 Å². The molecule has 0 radical (unpaired) electrons. The minimum Gasteiger partial charge on any atom is -0.459 e. The smallest absolute Gasteiger partial charge is 0.191 e.